The molecule has 1 N–H and O–H groups in total. The van der Waals surface area contributed by atoms with E-state index in [1.807, 2.05) is 31.6 Å². The van der Waals surface area contributed by atoms with Gasteiger partial charge in [0.15, 0.2) is 5.78 Å². The van der Waals surface area contributed by atoms with Crippen LogP contribution in [0.5, 0.6) is 0 Å². The molecule has 1 aliphatic rings. The van der Waals surface area contributed by atoms with Crippen molar-refractivity contribution in [1.29, 1.82) is 0 Å². The first-order chi connectivity index (χ1) is 9.22. The van der Waals surface area contributed by atoms with Crippen LogP contribution < -0.4 is 5.32 Å². The predicted octanol–water partition coefficient (Wildman–Crippen LogP) is 2.20. The lowest BCUT2D eigenvalue weighted by atomic mass is 10.0. The van der Waals surface area contributed by atoms with Crippen LogP contribution in [0, 0.1) is 0 Å². The fourth-order valence-corrected chi connectivity index (χ4v) is 2.47. The quantitative estimate of drug-likeness (QED) is 0.852. The van der Waals surface area contributed by atoms with Gasteiger partial charge in [-0.3, -0.25) is 9.48 Å². The molecule has 0 radical (unpaired) electrons. The summed E-state index contributed by atoms with van der Waals surface area (Å²) in [5.74, 6) is 0.195. The number of rotatable bonds is 4. The van der Waals surface area contributed by atoms with Crippen LogP contribution in [0.2, 0.25) is 0 Å². The van der Waals surface area contributed by atoms with Crippen molar-refractivity contribution >= 4 is 11.5 Å². The third-order valence-electron chi connectivity index (χ3n) is 3.54. The Morgan fingerprint density at radius 2 is 2.37 bits per heavy atom. The monoisotopic (exact) mass is 255 g/mol. The highest BCUT2D eigenvalue weighted by molar-refractivity contribution is 5.97. The number of Topliss-reactive ketones (excluding diaryl/α,β-unsaturated/α-hetero) is 1. The Balaban J connectivity index is 1.67. The second-order valence-corrected chi connectivity index (χ2v) is 4.99. The Morgan fingerprint density at radius 1 is 1.47 bits per heavy atom. The SMILES string of the molecule is Cn1cc(CCC(=O)c2ccc3c(c2)NCC3)cn1. The average Bonchev–Trinajstić information content (AvgIpc) is 3.03. The zero-order chi connectivity index (χ0) is 13.2. The summed E-state index contributed by atoms with van der Waals surface area (Å²) in [5.41, 5.74) is 4.34. The number of anilines is 1. The van der Waals surface area contributed by atoms with Crippen LogP contribution in [0.1, 0.15) is 27.9 Å². The van der Waals surface area contributed by atoms with Crippen molar-refractivity contribution in [2.24, 2.45) is 7.05 Å². The summed E-state index contributed by atoms with van der Waals surface area (Å²) >= 11 is 0. The van der Waals surface area contributed by atoms with Gasteiger partial charge in [-0.05, 0) is 30.0 Å². The van der Waals surface area contributed by atoms with Crippen LogP contribution in [0.15, 0.2) is 30.6 Å². The molecular weight excluding hydrogens is 238 g/mol. The van der Waals surface area contributed by atoms with Gasteiger partial charge in [-0.15, -0.1) is 0 Å². The normalized spacial score (nSPS) is 13.1. The van der Waals surface area contributed by atoms with Crippen LogP contribution in [0.4, 0.5) is 5.69 Å². The number of aryl methyl sites for hydroxylation is 2. The zero-order valence-corrected chi connectivity index (χ0v) is 11.0. The number of benzene rings is 1. The van der Waals surface area contributed by atoms with Crippen LogP contribution >= 0.6 is 0 Å². The maximum absolute atomic E-state index is 12.2. The first-order valence-electron chi connectivity index (χ1n) is 6.60. The Hall–Kier alpha value is -2.10. The van der Waals surface area contributed by atoms with E-state index in [4.69, 9.17) is 0 Å². The zero-order valence-electron chi connectivity index (χ0n) is 11.0. The number of hydrogen-bond donors (Lipinski definition) is 1. The molecule has 0 amide bonds. The first-order valence-corrected chi connectivity index (χ1v) is 6.60. The van der Waals surface area contributed by atoms with Crippen molar-refractivity contribution in [2.75, 3.05) is 11.9 Å². The summed E-state index contributed by atoms with van der Waals surface area (Å²) in [6.45, 7) is 0.975. The van der Waals surface area contributed by atoms with E-state index in [2.05, 4.69) is 16.5 Å². The highest BCUT2D eigenvalue weighted by Crippen LogP contribution is 2.24. The van der Waals surface area contributed by atoms with E-state index < -0.39 is 0 Å². The molecule has 3 rings (SSSR count). The van der Waals surface area contributed by atoms with Gasteiger partial charge < -0.3 is 5.32 Å². The van der Waals surface area contributed by atoms with Crippen molar-refractivity contribution in [1.82, 2.24) is 9.78 Å². The van der Waals surface area contributed by atoms with Crippen LogP contribution in [-0.2, 0) is 19.9 Å². The summed E-state index contributed by atoms with van der Waals surface area (Å²) in [7, 11) is 1.89. The molecule has 2 heterocycles. The number of hydrogen-bond acceptors (Lipinski definition) is 3. The Morgan fingerprint density at radius 3 is 3.16 bits per heavy atom. The van der Waals surface area contributed by atoms with Crippen molar-refractivity contribution in [3.63, 3.8) is 0 Å². The fourth-order valence-electron chi connectivity index (χ4n) is 2.47. The second kappa shape index (κ2) is 4.88. The molecule has 0 unspecified atom stereocenters. The Kier molecular flexibility index (Phi) is 3.07. The van der Waals surface area contributed by atoms with Gasteiger partial charge in [-0.25, -0.2) is 0 Å². The van der Waals surface area contributed by atoms with Gasteiger partial charge in [-0.2, -0.15) is 5.10 Å². The summed E-state index contributed by atoms with van der Waals surface area (Å²) < 4.78 is 1.76. The molecule has 0 saturated carbocycles. The van der Waals surface area contributed by atoms with Crippen LogP contribution in [-0.4, -0.2) is 22.1 Å². The van der Waals surface area contributed by atoms with Crippen molar-refractivity contribution in [3.8, 4) is 0 Å². The third-order valence-corrected chi connectivity index (χ3v) is 3.54. The number of carbonyl (C=O) groups excluding carboxylic acids is 1. The average molecular weight is 255 g/mol. The van der Waals surface area contributed by atoms with Gasteiger partial charge in [0.05, 0.1) is 6.20 Å². The molecule has 0 atom stereocenters. The summed E-state index contributed by atoms with van der Waals surface area (Å²) in [6, 6.07) is 5.98. The summed E-state index contributed by atoms with van der Waals surface area (Å²) in [4.78, 5) is 12.2. The van der Waals surface area contributed by atoms with E-state index in [9.17, 15) is 4.79 Å². The fraction of sp³-hybridized carbons (Fsp3) is 0.333. The van der Waals surface area contributed by atoms with E-state index in [-0.39, 0.29) is 5.78 Å². The van der Waals surface area contributed by atoms with Crippen LogP contribution in [0.25, 0.3) is 0 Å². The first kappa shape index (κ1) is 12.0. The number of nitrogens with zero attached hydrogens (tertiary/aromatic N) is 2. The topological polar surface area (TPSA) is 46.9 Å². The van der Waals surface area contributed by atoms with E-state index in [0.29, 0.717) is 6.42 Å². The lowest BCUT2D eigenvalue weighted by Crippen LogP contribution is -2.01. The van der Waals surface area contributed by atoms with Gasteiger partial charge in [-0.1, -0.05) is 12.1 Å². The lowest BCUT2D eigenvalue weighted by Gasteiger charge is -2.04. The maximum atomic E-state index is 12.2. The molecule has 2 aromatic rings. The number of carbonyl (C=O) groups is 1. The maximum Gasteiger partial charge on any atom is 0.163 e. The van der Waals surface area contributed by atoms with Crippen molar-refractivity contribution in [2.45, 2.75) is 19.3 Å². The van der Waals surface area contributed by atoms with Gasteiger partial charge >= 0.3 is 0 Å². The van der Waals surface area contributed by atoms with E-state index >= 15 is 0 Å². The standard InChI is InChI=1S/C15H17N3O/c1-18-10-11(9-17-18)2-5-15(19)13-4-3-12-6-7-16-14(12)8-13/h3-4,8-10,16H,2,5-7H2,1H3. The molecule has 4 heteroatoms. The third kappa shape index (κ3) is 2.52. The molecule has 0 spiro atoms. The van der Waals surface area contributed by atoms with E-state index in [1.165, 1.54) is 5.56 Å². The predicted molar refractivity (Wildman–Crippen MR) is 74.5 cm³/mol. The molecule has 0 saturated heterocycles. The minimum Gasteiger partial charge on any atom is -0.384 e. The number of nitrogens with one attached hydrogen (secondary N) is 1. The Labute approximate surface area is 112 Å². The van der Waals surface area contributed by atoms with Gasteiger partial charge in [0, 0.05) is 37.5 Å². The minimum absolute atomic E-state index is 0.195. The molecule has 1 aromatic heterocycles. The van der Waals surface area contributed by atoms with Gasteiger partial charge in [0.25, 0.3) is 0 Å². The summed E-state index contributed by atoms with van der Waals surface area (Å²) in [5, 5.41) is 7.42. The van der Waals surface area contributed by atoms with Gasteiger partial charge in [0.2, 0.25) is 0 Å². The molecule has 1 aromatic carbocycles. The van der Waals surface area contributed by atoms with E-state index in [1.54, 1.807) is 4.68 Å². The number of fused-ring (bicyclic) bond motifs is 1. The molecule has 19 heavy (non-hydrogen) atoms. The van der Waals surface area contributed by atoms with E-state index in [0.717, 1.165) is 36.2 Å². The van der Waals surface area contributed by atoms with Crippen molar-refractivity contribution in [3.05, 3.63) is 47.3 Å². The molecular formula is C15H17N3O. The highest BCUT2D eigenvalue weighted by atomic mass is 16.1. The molecule has 0 aliphatic carbocycles. The number of ketones is 1. The van der Waals surface area contributed by atoms with Crippen LogP contribution in [0.3, 0.4) is 0 Å². The lowest BCUT2D eigenvalue weighted by molar-refractivity contribution is 0.0983. The largest absolute Gasteiger partial charge is 0.384 e. The number of aromatic nitrogens is 2. The molecule has 0 fully saturated rings. The molecule has 1 aliphatic heterocycles. The second-order valence-electron chi connectivity index (χ2n) is 4.99. The highest BCUT2D eigenvalue weighted by Gasteiger charge is 2.13. The Bertz CT molecular complexity index is 616. The van der Waals surface area contributed by atoms with Gasteiger partial charge in [0.1, 0.15) is 0 Å². The molecule has 4 nitrogen and oxygen atoms in total. The molecule has 98 valence electrons. The summed E-state index contributed by atoms with van der Waals surface area (Å²) in [6.07, 6.45) is 6.11. The minimum atomic E-state index is 0.195. The molecule has 0 bridgehead atoms. The van der Waals surface area contributed by atoms with Crippen molar-refractivity contribution < 1.29 is 4.79 Å². The smallest absolute Gasteiger partial charge is 0.163 e.